The summed E-state index contributed by atoms with van der Waals surface area (Å²) in [7, 11) is 0. The van der Waals surface area contributed by atoms with Crippen LogP contribution >= 0.6 is 11.3 Å². The summed E-state index contributed by atoms with van der Waals surface area (Å²) in [6.45, 7) is 4.13. The third-order valence-corrected chi connectivity index (χ3v) is 6.25. The predicted molar refractivity (Wildman–Crippen MR) is 116 cm³/mol. The van der Waals surface area contributed by atoms with E-state index >= 15 is 0 Å². The number of benzene rings is 1. The van der Waals surface area contributed by atoms with E-state index < -0.39 is 0 Å². The number of nitrogens with one attached hydrogen (secondary N) is 2. The largest absolute Gasteiger partial charge is 0.336 e. The van der Waals surface area contributed by atoms with Gasteiger partial charge in [0.25, 0.3) is 0 Å². The maximum absolute atomic E-state index is 12.4. The average molecular weight is 410 g/mol. The van der Waals surface area contributed by atoms with Gasteiger partial charge in [0.05, 0.1) is 12.4 Å². The van der Waals surface area contributed by atoms with Crippen LogP contribution in [0, 0.1) is 0 Å². The van der Waals surface area contributed by atoms with Crippen LogP contribution in [0.25, 0.3) is 0 Å². The maximum Gasteiger partial charge on any atom is 0.315 e. The molecule has 2 aromatic heterocycles. The van der Waals surface area contributed by atoms with Gasteiger partial charge in [-0.2, -0.15) is 0 Å². The molecule has 29 heavy (non-hydrogen) atoms. The molecule has 1 atom stereocenters. The number of nitrogens with zero attached hydrogens (tertiary/aromatic N) is 3. The van der Waals surface area contributed by atoms with Gasteiger partial charge >= 0.3 is 6.03 Å². The summed E-state index contributed by atoms with van der Waals surface area (Å²) in [6.07, 6.45) is 8.01. The van der Waals surface area contributed by atoms with E-state index in [2.05, 4.69) is 50.2 Å². The Balaban J connectivity index is 1.28. The van der Waals surface area contributed by atoms with Crippen molar-refractivity contribution in [3.8, 4) is 0 Å². The third kappa shape index (κ3) is 5.46. The van der Waals surface area contributed by atoms with Crippen molar-refractivity contribution in [1.29, 1.82) is 0 Å². The lowest BCUT2D eigenvalue weighted by Gasteiger charge is -2.27. The second-order valence-corrected chi connectivity index (χ2v) is 8.37. The zero-order chi connectivity index (χ0) is 19.9. The summed E-state index contributed by atoms with van der Waals surface area (Å²) in [5.74, 6) is 0. The molecule has 1 fully saturated rings. The van der Waals surface area contributed by atoms with Gasteiger partial charge in [0, 0.05) is 36.9 Å². The molecule has 152 valence electrons. The second-order valence-electron chi connectivity index (χ2n) is 7.39. The minimum absolute atomic E-state index is 0.120. The number of urea groups is 1. The Morgan fingerprint density at radius 2 is 2.00 bits per heavy atom. The monoisotopic (exact) mass is 409 g/mol. The number of thiophene rings is 1. The maximum atomic E-state index is 12.4. The van der Waals surface area contributed by atoms with Gasteiger partial charge in [-0.3, -0.25) is 4.90 Å². The van der Waals surface area contributed by atoms with E-state index in [1.807, 2.05) is 29.2 Å². The Morgan fingerprint density at radius 1 is 1.14 bits per heavy atom. The van der Waals surface area contributed by atoms with Crippen molar-refractivity contribution >= 4 is 17.4 Å². The molecule has 1 unspecified atom stereocenters. The zero-order valence-corrected chi connectivity index (χ0v) is 17.3. The number of likely N-dealkylation sites (tertiary alicyclic amines) is 1. The first-order valence-electron chi connectivity index (χ1n) is 10.1. The minimum Gasteiger partial charge on any atom is -0.336 e. The average Bonchev–Trinajstić information content (AvgIpc) is 3.50. The van der Waals surface area contributed by atoms with Gasteiger partial charge in [-0.25, -0.2) is 9.78 Å². The Kier molecular flexibility index (Phi) is 6.59. The minimum atomic E-state index is -0.120. The van der Waals surface area contributed by atoms with E-state index in [1.54, 1.807) is 17.5 Å². The van der Waals surface area contributed by atoms with Gasteiger partial charge in [0.15, 0.2) is 0 Å². The number of rotatable bonds is 8. The smallest absolute Gasteiger partial charge is 0.315 e. The summed E-state index contributed by atoms with van der Waals surface area (Å²) >= 11 is 1.76. The normalized spacial score (nSPS) is 15.3. The lowest BCUT2D eigenvalue weighted by atomic mass is 10.1. The molecule has 0 bridgehead atoms. The van der Waals surface area contributed by atoms with Crippen LogP contribution in [-0.4, -0.2) is 40.1 Å². The van der Waals surface area contributed by atoms with Crippen molar-refractivity contribution < 1.29 is 4.79 Å². The molecule has 0 spiro atoms. The summed E-state index contributed by atoms with van der Waals surface area (Å²) in [6, 6.07) is 12.7. The molecule has 1 aliphatic heterocycles. The highest BCUT2D eigenvalue weighted by Crippen LogP contribution is 2.27. The van der Waals surface area contributed by atoms with Crippen molar-refractivity contribution in [3.63, 3.8) is 0 Å². The molecule has 3 heterocycles. The van der Waals surface area contributed by atoms with Gasteiger partial charge in [-0.05, 0) is 48.5 Å². The molecule has 6 nitrogen and oxygen atoms in total. The van der Waals surface area contributed by atoms with Gasteiger partial charge in [-0.15, -0.1) is 11.3 Å². The van der Waals surface area contributed by atoms with Crippen molar-refractivity contribution in [2.75, 3.05) is 19.6 Å². The van der Waals surface area contributed by atoms with E-state index in [4.69, 9.17) is 0 Å². The molecule has 7 heteroatoms. The van der Waals surface area contributed by atoms with Crippen molar-refractivity contribution in [2.24, 2.45) is 0 Å². The fourth-order valence-corrected chi connectivity index (χ4v) is 4.67. The quantitative estimate of drug-likeness (QED) is 0.597. The highest BCUT2D eigenvalue weighted by molar-refractivity contribution is 7.10. The van der Waals surface area contributed by atoms with Gasteiger partial charge in [0.1, 0.15) is 0 Å². The topological polar surface area (TPSA) is 62.2 Å². The second kappa shape index (κ2) is 9.71. The Labute approximate surface area is 175 Å². The van der Waals surface area contributed by atoms with Crippen LogP contribution in [0.15, 0.2) is 60.5 Å². The molecule has 2 amide bonds. The number of carbonyl (C=O) groups excluding carboxylic acids is 1. The van der Waals surface area contributed by atoms with E-state index in [-0.39, 0.29) is 12.1 Å². The standard InChI is InChI=1S/C22H27N5OS/c28-22(25-15-20(21-7-4-12-29-21)27-9-1-2-10-27)24-14-18-5-3-6-19(13-18)16-26-11-8-23-17-26/h3-8,11-13,17,20H,1-2,9-10,14-16H2,(H2,24,25,28). The number of hydrogen-bond acceptors (Lipinski definition) is 4. The molecular formula is C22H27N5OS. The number of carbonyl (C=O) groups is 1. The number of hydrogen-bond donors (Lipinski definition) is 2. The molecule has 0 aliphatic carbocycles. The lowest BCUT2D eigenvalue weighted by molar-refractivity contribution is 0.222. The highest BCUT2D eigenvalue weighted by atomic mass is 32.1. The first kappa shape index (κ1) is 19.7. The summed E-state index contributed by atoms with van der Waals surface area (Å²) in [5, 5.41) is 8.17. The van der Waals surface area contributed by atoms with Gasteiger partial charge < -0.3 is 15.2 Å². The zero-order valence-electron chi connectivity index (χ0n) is 16.5. The Bertz CT molecular complexity index is 888. The van der Waals surface area contributed by atoms with E-state index in [9.17, 15) is 4.79 Å². The van der Waals surface area contributed by atoms with Crippen LogP contribution in [0.3, 0.4) is 0 Å². The van der Waals surface area contributed by atoms with E-state index in [1.165, 1.54) is 23.3 Å². The van der Waals surface area contributed by atoms with E-state index in [0.717, 1.165) is 25.2 Å². The first-order valence-corrected chi connectivity index (χ1v) is 11.0. The number of amides is 2. The Morgan fingerprint density at radius 3 is 2.76 bits per heavy atom. The van der Waals surface area contributed by atoms with Gasteiger partial charge in [0.2, 0.25) is 0 Å². The van der Waals surface area contributed by atoms with Crippen molar-refractivity contribution in [2.45, 2.75) is 32.0 Å². The molecule has 2 N–H and O–H groups in total. The fourth-order valence-electron chi connectivity index (χ4n) is 3.81. The van der Waals surface area contributed by atoms with Crippen LogP contribution in [0.4, 0.5) is 4.79 Å². The predicted octanol–water partition coefficient (Wildman–Crippen LogP) is 3.63. The van der Waals surface area contributed by atoms with Crippen LogP contribution in [-0.2, 0) is 13.1 Å². The Hall–Kier alpha value is -2.64. The molecule has 3 aromatic rings. The number of aromatic nitrogens is 2. The highest BCUT2D eigenvalue weighted by Gasteiger charge is 2.24. The molecule has 1 aromatic carbocycles. The molecule has 0 radical (unpaired) electrons. The first-order chi connectivity index (χ1) is 14.3. The van der Waals surface area contributed by atoms with Crippen LogP contribution in [0.5, 0.6) is 0 Å². The molecule has 1 aliphatic rings. The van der Waals surface area contributed by atoms with Crippen molar-refractivity contribution in [1.82, 2.24) is 25.1 Å². The lowest BCUT2D eigenvalue weighted by Crippen LogP contribution is -2.41. The molecular weight excluding hydrogens is 382 g/mol. The van der Waals surface area contributed by atoms with Crippen LogP contribution in [0.1, 0.15) is 34.9 Å². The summed E-state index contributed by atoms with van der Waals surface area (Å²) in [5.41, 5.74) is 2.28. The molecule has 0 saturated carbocycles. The van der Waals surface area contributed by atoms with Crippen LogP contribution in [0.2, 0.25) is 0 Å². The van der Waals surface area contributed by atoms with Crippen molar-refractivity contribution in [3.05, 3.63) is 76.5 Å². The number of imidazole rings is 1. The van der Waals surface area contributed by atoms with Gasteiger partial charge in [-0.1, -0.05) is 30.3 Å². The SMILES string of the molecule is O=C(NCc1cccc(Cn2ccnc2)c1)NCC(c1cccs1)N1CCCC1. The van der Waals surface area contributed by atoms with Crippen LogP contribution < -0.4 is 10.6 Å². The third-order valence-electron chi connectivity index (χ3n) is 5.28. The molecule has 1 saturated heterocycles. The molecule has 4 rings (SSSR count). The summed E-state index contributed by atoms with van der Waals surface area (Å²) < 4.78 is 2.03. The fraction of sp³-hybridized carbons (Fsp3) is 0.364. The van der Waals surface area contributed by atoms with E-state index in [0.29, 0.717) is 13.1 Å². The summed E-state index contributed by atoms with van der Waals surface area (Å²) in [4.78, 5) is 20.3.